The molecule has 1 fully saturated rings. The molecule has 1 aliphatic heterocycles. The van der Waals surface area contributed by atoms with Gasteiger partial charge in [0.1, 0.15) is 0 Å². The van der Waals surface area contributed by atoms with Gasteiger partial charge in [-0.3, -0.25) is 4.98 Å². The van der Waals surface area contributed by atoms with Crippen molar-refractivity contribution in [3.63, 3.8) is 0 Å². The van der Waals surface area contributed by atoms with Crippen LogP contribution < -0.4 is 15.5 Å². The zero-order valence-electron chi connectivity index (χ0n) is 18.7. The molecule has 3 aromatic rings. The fourth-order valence-electron chi connectivity index (χ4n) is 3.57. The van der Waals surface area contributed by atoms with Crippen molar-refractivity contribution in [2.24, 2.45) is 0 Å². The van der Waals surface area contributed by atoms with Crippen molar-refractivity contribution < 1.29 is 41.0 Å². The average Bonchev–Trinajstić information content (AvgIpc) is 3.26. The highest BCUT2D eigenvalue weighted by atomic mass is 35.5. The summed E-state index contributed by atoms with van der Waals surface area (Å²) < 4.78 is 69.6. The van der Waals surface area contributed by atoms with Crippen molar-refractivity contribution in [2.45, 2.75) is 24.8 Å². The van der Waals surface area contributed by atoms with Crippen LogP contribution in [-0.2, 0) is 11.0 Å². The molecule has 0 radical (unpaired) electrons. The fourth-order valence-corrected chi connectivity index (χ4v) is 3.74. The summed E-state index contributed by atoms with van der Waals surface area (Å²) in [6.07, 6.45) is -7.01. The van der Waals surface area contributed by atoms with Crippen LogP contribution in [0.15, 0.2) is 54.7 Å². The summed E-state index contributed by atoms with van der Waals surface area (Å²) in [5.74, 6) is -2.76. The van der Waals surface area contributed by atoms with Crippen LogP contribution in [-0.4, -0.2) is 47.4 Å². The number of nitrogens with zero attached hydrogens (tertiary/aromatic N) is 2. The largest absolute Gasteiger partial charge is 0.490 e. The maximum atomic E-state index is 12.6. The number of urea groups is 1. The number of fused-ring (bicyclic) bond motifs is 1. The maximum absolute atomic E-state index is 12.6. The summed E-state index contributed by atoms with van der Waals surface area (Å²) in [4.78, 5) is 27.7. The number of aliphatic carboxylic acids is 1. The Kier molecular flexibility index (Phi) is 8.36. The predicted molar refractivity (Wildman–Crippen MR) is 125 cm³/mol. The number of rotatable bonds is 3. The number of hydrogen-bond donors (Lipinski definition) is 3. The minimum absolute atomic E-state index is 0.0880. The number of anilines is 2. The number of carbonyl (C=O) groups is 2. The summed E-state index contributed by atoms with van der Waals surface area (Å²) in [5, 5.41) is 14.2. The molecular formula is C23H19ClF6N4O3. The Hall–Kier alpha value is -3.74. The number of alkyl halides is 6. The number of carboxylic acid groups (broad SMARTS) is 1. The van der Waals surface area contributed by atoms with Gasteiger partial charge in [0.05, 0.1) is 11.1 Å². The molecule has 0 saturated carbocycles. The molecule has 2 heterocycles. The first kappa shape index (κ1) is 27.8. The molecule has 1 aromatic heterocycles. The van der Waals surface area contributed by atoms with Gasteiger partial charge < -0.3 is 20.6 Å². The number of halogens is 7. The van der Waals surface area contributed by atoms with Crippen molar-refractivity contribution >= 4 is 45.9 Å². The number of hydrogen-bond acceptors (Lipinski definition) is 4. The van der Waals surface area contributed by atoms with Gasteiger partial charge in [-0.25, -0.2) is 9.59 Å². The van der Waals surface area contributed by atoms with E-state index in [1.165, 1.54) is 12.1 Å². The third kappa shape index (κ3) is 7.62. The molecule has 0 aliphatic carbocycles. The molecule has 1 saturated heterocycles. The second-order valence-corrected chi connectivity index (χ2v) is 8.34. The van der Waals surface area contributed by atoms with Gasteiger partial charge in [0.25, 0.3) is 0 Å². The van der Waals surface area contributed by atoms with Gasteiger partial charge in [-0.05, 0) is 55.0 Å². The van der Waals surface area contributed by atoms with Crippen molar-refractivity contribution in [1.29, 1.82) is 0 Å². The van der Waals surface area contributed by atoms with E-state index in [-0.39, 0.29) is 6.04 Å². The maximum Gasteiger partial charge on any atom is 0.490 e. The molecule has 3 N–H and O–H groups in total. The molecule has 2 aromatic carbocycles. The first-order valence-corrected chi connectivity index (χ1v) is 11.0. The van der Waals surface area contributed by atoms with E-state index in [0.717, 1.165) is 41.7 Å². The molecule has 4 rings (SSSR count). The van der Waals surface area contributed by atoms with Crippen LogP contribution in [0.25, 0.3) is 10.9 Å². The quantitative estimate of drug-likeness (QED) is 0.352. The summed E-state index contributed by atoms with van der Waals surface area (Å²) in [6, 6.07) is 11.3. The lowest BCUT2D eigenvalue weighted by atomic mass is 10.2. The van der Waals surface area contributed by atoms with Crippen molar-refractivity contribution in [1.82, 2.24) is 10.3 Å². The Morgan fingerprint density at radius 3 is 2.27 bits per heavy atom. The molecular weight excluding hydrogens is 530 g/mol. The van der Waals surface area contributed by atoms with Gasteiger partial charge in [-0.15, -0.1) is 0 Å². The SMILES string of the molecule is O=C(Nc1ccc(C(F)(F)F)cc1)NC1CCN(c2ccnc3cc(Cl)ccc23)C1.O=C(O)C(F)(F)F. The molecule has 7 nitrogen and oxygen atoms in total. The highest BCUT2D eigenvalue weighted by Gasteiger charge is 2.38. The van der Waals surface area contributed by atoms with Crippen LogP contribution in [0.3, 0.4) is 0 Å². The van der Waals surface area contributed by atoms with Gasteiger partial charge in [0.15, 0.2) is 0 Å². The van der Waals surface area contributed by atoms with Gasteiger partial charge in [0, 0.05) is 47.1 Å². The Balaban J connectivity index is 0.000000479. The van der Waals surface area contributed by atoms with Crippen LogP contribution in [0, 0.1) is 0 Å². The molecule has 1 aliphatic rings. The van der Waals surface area contributed by atoms with Crippen LogP contribution in [0.1, 0.15) is 12.0 Å². The third-order valence-electron chi connectivity index (χ3n) is 5.26. The number of aromatic nitrogens is 1. The first-order valence-electron chi connectivity index (χ1n) is 10.6. The van der Waals surface area contributed by atoms with Crippen LogP contribution in [0.5, 0.6) is 0 Å². The van der Waals surface area contributed by atoms with E-state index in [1.54, 1.807) is 6.20 Å². The smallest absolute Gasteiger partial charge is 0.475 e. The average molecular weight is 549 g/mol. The lowest BCUT2D eigenvalue weighted by molar-refractivity contribution is -0.192. The van der Waals surface area contributed by atoms with Gasteiger partial charge in [-0.2, -0.15) is 26.3 Å². The number of pyridine rings is 1. The second kappa shape index (κ2) is 11.1. The zero-order valence-corrected chi connectivity index (χ0v) is 19.5. The number of nitrogens with one attached hydrogen (secondary N) is 2. The monoisotopic (exact) mass is 548 g/mol. The highest BCUT2D eigenvalue weighted by molar-refractivity contribution is 6.31. The van der Waals surface area contributed by atoms with E-state index in [9.17, 15) is 31.1 Å². The summed E-state index contributed by atoms with van der Waals surface area (Å²) in [5.41, 5.74) is 1.36. The molecule has 0 spiro atoms. The topological polar surface area (TPSA) is 94.6 Å². The van der Waals surface area contributed by atoms with Crippen molar-refractivity contribution in [3.05, 3.63) is 65.3 Å². The van der Waals surface area contributed by atoms with E-state index in [2.05, 4.69) is 20.5 Å². The Morgan fingerprint density at radius 1 is 1.03 bits per heavy atom. The van der Waals surface area contributed by atoms with Crippen LogP contribution in [0.4, 0.5) is 42.5 Å². The minimum Gasteiger partial charge on any atom is -0.475 e. The summed E-state index contributed by atoms with van der Waals surface area (Å²) in [6.45, 7) is 1.37. The molecule has 1 unspecified atom stereocenters. The van der Waals surface area contributed by atoms with Gasteiger partial charge >= 0.3 is 24.4 Å². The van der Waals surface area contributed by atoms with Crippen molar-refractivity contribution in [3.8, 4) is 0 Å². The van der Waals surface area contributed by atoms with E-state index in [0.29, 0.717) is 17.3 Å². The molecule has 0 bridgehead atoms. The van der Waals surface area contributed by atoms with Crippen LogP contribution in [0.2, 0.25) is 5.02 Å². The van der Waals surface area contributed by atoms with E-state index in [4.69, 9.17) is 21.5 Å². The molecule has 198 valence electrons. The summed E-state index contributed by atoms with van der Waals surface area (Å²) >= 11 is 6.04. The van der Waals surface area contributed by atoms with Gasteiger partial charge in [-0.1, -0.05) is 11.6 Å². The van der Waals surface area contributed by atoms with E-state index >= 15 is 0 Å². The Labute approximate surface area is 211 Å². The predicted octanol–water partition coefficient (Wildman–Crippen LogP) is 5.94. The fraction of sp³-hybridized carbons (Fsp3) is 0.261. The van der Waals surface area contributed by atoms with E-state index < -0.39 is 29.9 Å². The molecule has 1 atom stereocenters. The highest BCUT2D eigenvalue weighted by Crippen LogP contribution is 2.31. The number of benzene rings is 2. The number of carbonyl (C=O) groups excluding carboxylic acids is 1. The normalized spacial score (nSPS) is 15.6. The number of carboxylic acids is 1. The molecule has 2 amide bonds. The minimum atomic E-state index is -5.08. The van der Waals surface area contributed by atoms with E-state index in [1.807, 2.05) is 24.3 Å². The third-order valence-corrected chi connectivity index (χ3v) is 5.49. The lowest BCUT2D eigenvalue weighted by Gasteiger charge is -2.21. The lowest BCUT2D eigenvalue weighted by Crippen LogP contribution is -2.39. The second-order valence-electron chi connectivity index (χ2n) is 7.90. The summed E-state index contributed by atoms with van der Waals surface area (Å²) in [7, 11) is 0. The zero-order chi connectivity index (χ0) is 27.4. The number of amides is 2. The molecule has 37 heavy (non-hydrogen) atoms. The Bertz CT molecular complexity index is 1270. The first-order chi connectivity index (χ1) is 17.2. The molecule has 14 heteroatoms. The Morgan fingerprint density at radius 2 is 1.68 bits per heavy atom. The van der Waals surface area contributed by atoms with Crippen molar-refractivity contribution in [2.75, 3.05) is 23.3 Å². The van der Waals surface area contributed by atoms with Gasteiger partial charge in [0.2, 0.25) is 0 Å². The van der Waals surface area contributed by atoms with Crippen LogP contribution >= 0.6 is 11.6 Å². The standard InChI is InChI=1S/C21H18ClF3N4O.C2HF3O2/c22-14-3-6-17-18(11-14)26-9-7-19(17)29-10-8-16(12-29)28-20(30)27-15-4-1-13(2-5-15)21(23,24)25;3-2(4,5)1(6)7/h1-7,9,11,16H,8,10,12H2,(H2,27,28,30);(H,6,7).